The van der Waals surface area contributed by atoms with Crippen LogP contribution in [0.15, 0.2) is 42.5 Å². The fourth-order valence-corrected chi connectivity index (χ4v) is 3.82. The molecule has 134 valence electrons. The van der Waals surface area contributed by atoms with Gasteiger partial charge in [-0.1, -0.05) is 0 Å². The van der Waals surface area contributed by atoms with Crippen molar-refractivity contribution in [2.24, 2.45) is 0 Å². The number of carbonyl (C=O) groups is 2. The number of hydrogen-bond acceptors (Lipinski definition) is 4. The Bertz CT molecular complexity index is 878. The molecule has 6 nitrogen and oxygen atoms in total. The molecule has 2 aliphatic rings. The standard InChI is InChI=1S/C20H20N2O4/c1-25-14-5-3-13(4-6-14)18(23)22-10-9-20(12-22)16-11-15(26-2)7-8-17(16)21-19(20)24/h3-8,11H,9-10,12H2,1-2H3,(H,21,24). The maximum Gasteiger partial charge on any atom is 0.253 e. The molecule has 4 rings (SSSR count). The van der Waals surface area contributed by atoms with Crippen LogP contribution in [0.5, 0.6) is 11.5 Å². The Hall–Kier alpha value is -3.02. The molecule has 1 fully saturated rings. The molecular weight excluding hydrogens is 332 g/mol. The molecule has 2 heterocycles. The lowest BCUT2D eigenvalue weighted by atomic mass is 9.81. The van der Waals surface area contributed by atoms with Crippen LogP contribution in [0, 0.1) is 0 Å². The second-order valence-electron chi connectivity index (χ2n) is 6.65. The van der Waals surface area contributed by atoms with E-state index in [-0.39, 0.29) is 11.8 Å². The minimum Gasteiger partial charge on any atom is -0.497 e. The lowest BCUT2D eigenvalue weighted by molar-refractivity contribution is -0.120. The van der Waals surface area contributed by atoms with Crippen molar-refractivity contribution in [2.75, 3.05) is 32.6 Å². The van der Waals surface area contributed by atoms with Gasteiger partial charge in [-0.15, -0.1) is 0 Å². The highest BCUT2D eigenvalue weighted by molar-refractivity contribution is 6.07. The van der Waals surface area contributed by atoms with Crippen LogP contribution in [-0.4, -0.2) is 44.0 Å². The molecule has 6 heteroatoms. The first-order valence-electron chi connectivity index (χ1n) is 8.51. The number of carbonyl (C=O) groups excluding carboxylic acids is 2. The molecule has 1 N–H and O–H groups in total. The van der Waals surface area contributed by atoms with Crippen molar-refractivity contribution in [3.63, 3.8) is 0 Å². The highest BCUT2D eigenvalue weighted by Gasteiger charge is 2.52. The van der Waals surface area contributed by atoms with Gasteiger partial charge in [-0.25, -0.2) is 0 Å². The number of methoxy groups -OCH3 is 2. The number of benzene rings is 2. The van der Waals surface area contributed by atoms with Gasteiger partial charge in [-0.3, -0.25) is 9.59 Å². The zero-order chi connectivity index (χ0) is 18.3. The van der Waals surface area contributed by atoms with Crippen molar-refractivity contribution in [3.05, 3.63) is 53.6 Å². The number of nitrogens with one attached hydrogen (secondary N) is 1. The van der Waals surface area contributed by atoms with Gasteiger partial charge >= 0.3 is 0 Å². The first-order valence-corrected chi connectivity index (χ1v) is 8.51. The van der Waals surface area contributed by atoms with E-state index in [0.717, 1.165) is 11.3 Å². The summed E-state index contributed by atoms with van der Waals surface area (Å²) in [6.07, 6.45) is 0.598. The van der Waals surface area contributed by atoms with Gasteiger partial charge in [-0.05, 0) is 54.4 Å². The van der Waals surface area contributed by atoms with E-state index in [1.165, 1.54) is 0 Å². The van der Waals surface area contributed by atoms with Gasteiger partial charge in [0.2, 0.25) is 5.91 Å². The highest BCUT2D eigenvalue weighted by atomic mass is 16.5. The average molecular weight is 352 g/mol. The van der Waals surface area contributed by atoms with Crippen molar-refractivity contribution < 1.29 is 19.1 Å². The zero-order valence-corrected chi connectivity index (χ0v) is 14.7. The van der Waals surface area contributed by atoms with Crippen LogP contribution in [0.25, 0.3) is 0 Å². The summed E-state index contributed by atoms with van der Waals surface area (Å²) in [6, 6.07) is 12.6. The summed E-state index contributed by atoms with van der Waals surface area (Å²) in [5.41, 5.74) is 1.60. The zero-order valence-electron chi connectivity index (χ0n) is 14.7. The monoisotopic (exact) mass is 352 g/mol. The van der Waals surface area contributed by atoms with Gasteiger partial charge < -0.3 is 19.7 Å². The van der Waals surface area contributed by atoms with Crippen LogP contribution in [-0.2, 0) is 10.2 Å². The molecule has 0 saturated carbocycles. The Morgan fingerprint density at radius 1 is 1.08 bits per heavy atom. The largest absolute Gasteiger partial charge is 0.497 e. The Morgan fingerprint density at radius 3 is 2.46 bits per heavy atom. The van der Waals surface area contributed by atoms with E-state index in [1.807, 2.05) is 18.2 Å². The maximum absolute atomic E-state index is 12.9. The number of rotatable bonds is 3. The average Bonchev–Trinajstić information content (AvgIpc) is 3.24. The highest BCUT2D eigenvalue weighted by Crippen LogP contribution is 2.45. The Balaban J connectivity index is 1.62. The third-order valence-corrected chi connectivity index (χ3v) is 5.32. The van der Waals surface area contributed by atoms with Crippen molar-refractivity contribution in [1.82, 2.24) is 4.90 Å². The van der Waals surface area contributed by atoms with Gasteiger partial charge in [0.25, 0.3) is 5.91 Å². The topological polar surface area (TPSA) is 67.9 Å². The number of fused-ring (bicyclic) bond motifs is 2. The number of amides is 2. The second-order valence-corrected chi connectivity index (χ2v) is 6.65. The van der Waals surface area contributed by atoms with Crippen LogP contribution < -0.4 is 14.8 Å². The Morgan fingerprint density at radius 2 is 1.77 bits per heavy atom. The number of hydrogen-bond donors (Lipinski definition) is 1. The third kappa shape index (κ3) is 2.41. The molecule has 0 bridgehead atoms. The van der Waals surface area contributed by atoms with Gasteiger partial charge in [0, 0.05) is 24.3 Å². The molecule has 2 aromatic rings. The normalized spacial score (nSPS) is 20.8. The van der Waals surface area contributed by atoms with Crippen molar-refractivity contribution in [3.8, 4) is 11.5 Å². The van der Waals surface area contributed by atoms with Crippen molar-refractivity contribution in [2.45, 2.75) is 11.8 Å². The molecule has 26 heavy (non-hydrogen) atoms. The van der Waals surface area contributed by atoms with E-state index >= 15 is 0 Å². The van der Waals surface area contributed by atoms with Gasteiger partial charge in [-0.2, -0.15) is 0 Å². The van der Waals surface area contributed by atoms with E-state index in [4.69, 9.17) is 9.47 Å². The Kier molecular flexibility index (Phi) is 3.83. The lowest BCUT2D eigenvalue weighted by Gasteiger charge is -2.23. The summed E-state index contributed by atoms with van der Waals surface area (Å²) in [7, 11) is 3.19. The van der Waals surface area contributed by atoms with Crippen LogP contribution in [0.1, 0.15) is 22.3 Å². The molecule has 2 amide bonds. The molecule has 0 radical (unpaired) electrons. The van der Waals surface area contributed by atoms with Crippen molar-refractivity contribution >= 4 is 17.5 Å². The summed E-state index contributed by atoms with van der Waals surface area (Å²) in [5.74, 6) is 1.29. The summed E-state index contributed by atoms with van der Waals surface area (Å²) in [4.78, 5) is 27.3. The minimum atomic E-state index is -0.702. The van der Waals surface area contributed by atoms with Crippen LogP contribution >= 0.6 is 0 Å². The van der Waals surface area contributed by atoms with Gasteiger partial charge in [0.05, 0.1) is 19.6 Å². The minimum absolute atomic E-state index is 0.0502. The molecule has 1 unspecified atom stereocenters. The molecule has 1 saturated heterocycles. The number of likely N-dealkylation sites (tertiary alicyclic amines) is 1. The van der Waals surface area contributed by atoms with Gasteiger partial charge in [0.1, 0.15) is 11.5 Å². The first kappa shape index (κ1) is 16.4. The summed E-state index contributed by atoms with van der Waals surface area (Å²) < 4.78 is 10.4. The predicted molar refractivity (Wildman–Crippen MR) is 96.8 cm³/mol. The molecule has 1 spiro atoms. The summed E-state index contributed by atoms with van der Waals surface area (Å²) in [6.45, 7) is 0.902. The fourth-order valence-electron chi connectivity index (χ4n) is 3.82. The third-order valence-electron chi connectivity index (χ3n) is 5.32. The van der Waals surface area contributed by atoms with Gasteiger partial charge in [0.15, 0.2) is 0 Å². The molecule has 2 aromatic carbocycles. The maximum atomic E-state index is 12.9. The molecular formula is C20H20N2O4. The van der Waals surface area contributed by atoms with Crippen LogP contribution in [0.4, 0.5) is 5.69 Å². The molecule has 0 aromatic heterocycles. The van der Waals surface area contributed by atoms with E-state index < -0.39 is 5.41 Å². The lowest BCUT2D eigenvalue weighted by Crippen LogP contribution is -2.39. The van der Waals surface area contributed by atoms with E-state index in [0.29, 0.717) is 36.6 Å². The fraction of sp³-hybridized carbons (Fsp3) is 0.300. The number of anilines is 1. The first-order chi connectivity index (χ1) is 12.6. The van der Waals surface area contributed by atoms with Crippen molar-refractivity contribution in [1.29, 1.82) is 0 Å². The molecule has 1 atom stereocenters. The SMILES string of the molecule is COc1ccc(C(=O)N2CCC3(C2)C(=O)Nc2ccc(OC)cc23)cc1. The van der Waals surface area contributed by atoms with Crippen LogP contribution in [0.2, 0.25) is 0 Å². The van der Waals surface area contributed by atoms with E-state index in [2.05, 4.69) is 5.32 Å². The summed E-state index contributed by atoms with van der Waals surface area (Å²) >= 11 is 0. The number of ether oxygens (including phenoxy) is 2. The molecule has 0 aliphatic carbocycles. The number of nitrogens with zero attached hydrogens (tertiary/aromatic N) is 1. The second kappa shape index (κ2) is 6.05. The Labute approximate surface area is 151 Å². The van der Waals surface area contributed by atoms with E-state index in [9.17, 15) is 9.59 Å². The summed E-state index contributed by atoms with van der Waals surface area (Å²) in [5, 5.41) is 2.95. The smallest absolute Gasteiger partial charge is 0.253 e. The molecule has 2 aliphatic heterocycles. The van der Waals surface area contributed by atoms with Crippen LogP contribution in [0.3, 0.4) is 0 Å². The van der Waals surface area contributed by atoms with E-state index in [1.54, 1.807) is 43.4 Å². The predicted octanol–water partition coefficient (Wildman–Crippen LogP) is 2.44. The quantitative estimate of drug-likeness (QED) is 0.921.